The molecule has 1 aliphatic heterocycles. The highest BCUT2D eigenvalue weighted by Gasteiger charge is 2.35. The zero-order valence-electron chi connectivity index (χ0n) is 10.8. The molecule has 1 saturated heterocycles. The largest absolute Gasteiger partial charge is 0.389 e. The minimum absolute atomic E-state index is 0.292. The lowest BCUT2D eigenvalue weighted by Gasteiger charge is -2.41. The predicted molar refractivity (Wildman–Crippen MR) is 71.4 cm³/mol. The molecule has 100 valence electrons. The Hall–Kier alpha value is -0.640. The molecule has 2 atom stereocenters. The quantitative estimate of drug-likeness (QED) is 0.894. The van der Waals surface area contributed by atoms with Crippen LogP contribution in [-0.4, -0.2) is 35.2 Å². The van der Waals surface area contributed by atoms with Gasteiger partial charge in [0.25, 0.3) is 0 Å². The highest BCUT2D eigenvalue weighted by atomic mass is 35.5. The molecule has 1 aliphatic rings. The van der Waals surface area contributed by atoms with E-state index in [1.54, 1.807) is 6.07 Å². The summed E-state index contributed by atoms with van der Waals surface area (Å²) < 4.78 is 13.7. The van der Waals surface area contributed by atoms with Gasteiger partial charge in [0.05, 0.1) is 5.60 Å². The van der Waals surface area contributed by atoms with Gasteiger partial charge in [-0.3, -0.25) is 0 Å². The van der Waals surface area contributed by atoms with Gasteiger partial charge in [-0.15, -0.1) is 0 Å². The molecule has 1 heterocycles. The van der Waals surface area contributed by atoms with Crippen molar-refractivity contribution in [2.24, 2.45) is 0 Å². The summed E-state index contributed by atoms with van der Waals surface area (Å²) in [4.78, 5) is 2.21. The number of halogens is 2. The van der Waals surface area contributed by atoms with Gasteiger partial charge in [-0.1, -0.05) is 11.6 Å². The minimum atomic E-state index is -0.822. The van der Waals surface area contributed by atoms with Crippen molar-refractivity contribution in [2.45, 2.75) is 37.8 Å². The molecule has 2 nitrogen and oxygen atoms in total. The molecule has 0 spiro atoms. The summed E-state index contributed by atoms with van der Waals surface area (Å²) in [5, 5.41) is 11.1. The van der Waals surface area contributed by atoms with Crippen LogP contribution in [0.25, 0.3) is 0 Å². The van der Waals surface area contributed by atoms with Crippen LogP contribution in [0.3, 0.4) is 0 Å². The van der Waals surface area contributed by atoms with Gasteiger partial charge in [0.15, 0.2) is 0 Å². The van der Waals surface area contributed by atoms with Gasteiger partial charge < -0.3 is 10.0 Å². The first-order valence-corrected chi connectivity index (χ1v) is 6.64. The highest BCUT2D eigenvalue weighted by Crippen LogP contribution is 2.30. The third kappa shape index (κ3) is 3.02. The van der Waals surface area contributed by atoms with Gasteiger partial charge >= 0.3 is 0 Å². The van der Waals surface area contributed by atoms with E-state index < -0.39 is 5.60 Å². The van der Waals surface area contributed by atoms with Crippen LogP contribution in [0.1, 0.15) is 25.3 Å². The summed E-state index contributed by atoms with van der Waals surface area (Å²) in [7, 11) is 2.05. The topological polar surface area (TPSA) is 23.5 Å². The maximum absolute atomic E-state index is 13.7. The van der Waals surface area contributed by atoms with E-state index in [0.717, 1.165) is 6.54 Å². The Morgan fingerprint density at radius 3 is 2.94 bits per heavy atom. The van der Waals surface area contributed by atoms with Crippen molar-refractivity contribution < 1.29 is 9.50 Å². The second-order valence-corrected chi connectivity index (χ2v) is 5.86. The fraction of sp³-hybridized carbons (Fsp3) is 0.571. The average Bonchev–Trinajstić information content (AvgIpc) is 2.29. The Kier molecular flexibility index (Phi) is 3.95. The van der Waals surface area contributed by atoms with Crippen LogP contribution < -0.4 is 0 Å². The summed E-state index contributed by atoms with van der Waals surface area (Å²) in [6.45, 7) is 2.91. The van der Waals surface area contributed by atoms with Crippen molar-refractivity contribution in [1.82, 2.24) is 4.90 Å². The molecular weight excluding hydrogens is 253 g/mol. The molecule has 0 saturated carbocycles. The normalized spacial score (nSPS) is 29.5. The van der Waals surface area contributed by atoms with Gasteiger partial charge in [-0.25, -0.2) is 4.39 Å². The maximum atomic E-state index is 13.7. The smallest absolute Gasteiger partial charge is 0.126 e. The first-order valence-electron chi connectivity index (χ1n) is 6.26. The lowest BCUT2D eigenvalue weighted by molar-refractivity contribution is -0.0358. The standard InChI is InChI=1S/C14H19ClFNO/c1-10-8-14(18,5-6-17(10)2)9-11-7-12(15)3-4-13(11)16/h3-4,7,10,18H,5-6,8-9H2,1-2H3. The fourth-order valence-electron chi connectivity index (χ4n) is 2.61. The molecule has 0 bridgehead atoms. The molecule has 2 unspecified atom stereocenters. The molecule has 1 aromatic carbocycles. The van der Waals surface area contributed by atoms with E-state index in [-0.39, 0.29) is 5.82 Å². The van der Waals surface area contributed by atoms with Gasteiger partial charge in [-0.2, -0.15) is 0 Å². The van der Waals surface area contributed by atoms with Crippen LogP contribution in [0.2, 0.25) is 5.02 Å². The van der Waals surface area contributed by atoms with Crippen LogP contribution in [0, 0.1) is 5.82 Å². The maximum Gasteiger partial charge on any atom is 0.126 e. The number of piperidine rings is 1. The first kappa shape index (κ1) is 13.8. The molecule has 0 radical (unpaired) electrons. The number of hydrogen-bond donors (Lipinski definition) is 1. The number of likely N-dealkylation sites (tertiary alicyclic amines) is 1. The molecule has 0 amide bonds. The molecule has 1 N–H and O–H groups in total. The van der Waals surface area contributed by atoms with Gasteiger partial charge in [-0.05, 0) is 50.6 Å². The molecular formula is C14H19ClFNO. The van der Waals surface area contributed by atoms with E-state index in [1.165, 1.54) is 12.1 Å². The number of aliphatic hydroxyl groups is 1. The third-order valence-corrected chi connectivity index (χ3v) is 4.12. The molecule has 18 heavy (non-hydrogen) atoms. The minimum Gasteiger partial charge on any atom is -0.389 e. The van der Waals surface area contributed by atoms with E-state index >= 15 is 0 Å². The van der Waals surface area contributed by atoms with Crippen LogP contribution in [0.4, 0.5) is 4.39 Å². The Labute approximate surface area is 112 Å². The van der Waals surface area contributed by atoms with Gasteiger partial charge in [0.1, 0.15) is 5.82 Å². The lowest BCUT2D eigenvalue weighted by atomic mass is 9.82. The average molecular weight is 272 g/mol. The zero-order chi connectivity index (χ0) is 13.3. The van der Waals surface area contributed by atoms with E-state index in [0.29, 0.717) is 35.9 Å². The predicted octanol–water partition coefficient (Wildman–Crippen LogP) is 2.87. The van der Waals surface area contributed by atoms with Gasteiger partial charge in [0.2, 0.25) is 0 Å². The molecule has 0 aliphatic carbocycles. The van der Waals surface area contributed by atoms with Crippen LogP contribution in [0.15, 0.2) is 18.2 Å². The van der Waals surface area contributed by atoms with Crippen molar-refractivity contribution in [3.05, 3.63) is 34.6 Å². The Bertz CT molecular complexity index is 440. The molecule has 4 heteroatoms. The lowest BCUT2D eigenvalue weighted by Crippen LogP contribution is -2.48. The van der Waals surface area contributed by atoms with Crippen molar-refractivity contribution in [1.29, 1.82) is 0 Å². The van der Waals surface area contributed by atoms with Crippen LogP contribution in [-0.2, 0) is 6.42 Å². The van der Waals surface area contributed by atoms with E-state index in [4.69, 9.17) is 11.6 Å². The van der Waals surface area contributed by atoms with Crippen LogP contribution in [0.5, 0.6) is 0 Å². The molecule has 1 fully saturated rings. The molecule has 2 rings (SSSR count). The van der Waals surface area contributed by atoms with E-state index in [9.17, 15) is 9.50 Å². The summed E-state index contributed by atoms with van der Waals surface area (Å²) in [5.74, 6) is -0.292. The van der Waals surface area contributed by atoms with Gasteiger partial charge in [0, 0.05) is 24.0 Å². The Morgan fingerprint density at radius 1 is 1.56 bits per heavy atom. The number of hydrogen-bond acceptors (Lipinski definition) is 2. The summed E-state index contributed by atoms with van der Waals surface area (Å²) in [6, 6.07) is 4.81. The summed E-state index contributed by atoms with van der Waals surface area (Å²) in [5.41, 5.74) is -0.320. The second kappa shape index (κ2) is 5.16. The Balaban J connectivity index is 2.15. The number of nitrogens with zero attached hydrogens (tertiary/aromatic N) is 1. The van der Waals surface area contributed by atoms with Crippen molar-refractivity contribution >= 4 is 11.6 Å². The Morgan fingerprint density at radius 2 is 2.28 bits per heavy atom. The molecule has 1 aromatic rings. The molecule has 0 aromatic heterocycles. The van der Waals surface area contributed by atoms with Crippen molar-refractivity contribution in [3.63, 3.8) is 0 Å². The fourth-order valence-corrected chi connectivity index (χ4v) is 2.80. The van der Waals surface area contributed by atoms with Crippen LogP contribution >= 0.6 is 11.6 Å². The third-order valence-electron chi connectivity index (χ3n) is 3.88. The first-order chi connectivity index (χ1) is 8.39. The monoisotopic (exact) mass is 271 g/mol. The highest BCUT2D eigenvalue weighted by molar-refractivity contribution is 6.30. The van der Waals surface area contributed by atoms with E-state index in [2.05, 4.69) is 11.8 Å². The van der Waals surface area contributed by atoms with Crippen molar-refractivity contribution in [2.75, 3.05) is 13.6 Å². The van der Waals surface area contributed by atoms with Crippen molar-refractivity contribution in [3.8, 4) is 0 Å². The second-order valence-electron chi connectivity index (χ2n) is 5.42. The number of benzene rings is 1. The summed E-state index contributed by atoms with van der Waals surface area (Å²) >= 11 is 5.88. The van der Waals surface area contributed by atoms with E-state index in [1.807, 2.05) is 7.05 Å². The SMILES string of the molecule is CC1CC(O)(Cc2cc(Cl)ccc2F)CCN1C. The zero-order valence-corrected chi connectivity index (χ0v) is 11.5. The number of rotatable bonds is 2. The summed E-state index contributed by atoms with van der Waals surface area (Å²) in [6.07, 6.45) is 1.66.